The maximum absolute atomic E-state index is 11.4. The number of para-hydroxylation sites is 2. The van der Waals surface area contributed by atoms with Crippen LogP contribution in [-0.2, 0) is 0 Å². The fraction of sp³-hybridized carbons (Fsp3) is 0. The van der Waals surface area contributed by atoms with Crippen LogP contribution in [0.25, 0.3) is 28.1 Å². The number of nitrogens with zero attached hydrogens (tertiary/aromatic N) is 2. The number of hydrogen-bond acceptors (Lipinski definition) is 4. The Morgan fingerprint density at radius 1 is 1.04 bits per heavy atom. The van der Waals surface area contributed by atoms with Crippen LogP contribution in [0.5, 0.6) is 0 Å². The lowest BCUT2D eigenvalue weighted by molar-refractivity contribution is -0.254. The smallest absolute Gasteiger partial charge is 0.156 e. The van der Waals surface area contributed by atoms with E-state index in [1.54, 1.807) is 6.07 Å². The van der Waals surface area contributed by atoms with Crippen molar-refractivity contribution in [3.8, 4) is 17.1 Å². The first kappa shape index (κ1) is 13.3. The standard InChI is InChI=1S/C18H12N2O3/c21-18(22)14-11-20(13-7-2-1-3-8-13)19-17(14)16-10-12-6-4-5-9-15(12)23-16/h1-11H,(H,21,22)/p-1. The number of carboxylic acid groups (broad SMARTS) is 1. The first-order valence-corrected chi connectivity index (χ1v) is 7.08. The molecule has 112 valence electrons. The van der Waals surface area contributed by atoms with Gasteiger partial charge in [-0.2, -0.15) is 5.10 Å². The van der Waals surface area contributed by atoms with Crippen LogP contribution >= 0.6 is 0 Å². The lowest BCUT2D eigenvalue weighted by atomic mass is 10.2. The largest absolute Gasteiger partial charge is 0.545 e. The van der Waals surface area contributed by atoms with Crippen molar-refractivity contribution >= 4 is 16.9 Å². The molecule has 0 unspecified atom stereocenters. The summed E-state index contributed by atoms with van der Waals surface area (Å²) in [6.07, 6.45) is 1.44. The van der Waals surface area contributed by atoms with E-state index >= 15 is 0 Å². The van der Waals surface area contributed by atoms with Gasteiger partial charge in [0.15, 0.2) is 5.76 Å². The van der Waals surface area contributed by atoms with Gasteiger partial charge in [0.25, 0.3) is 0 Å². The fourth-order valence-corrected chi connectivity index (χ4v) is 2.52. The summed E-state index contributed by atoms with van der Waals surface area (Å²) in [6, 6.07) is 18.5. The topological polar surface area (TPSA) is 71.1 Å². The van der Waals surface area contributed by atoms with Crippen LogP contribution in [0, 0.1) is 0 Å². The first-order chi connectivity index (χ1) is 11.2. The maximum Gasteiger partial charge on any atom is 0.156 e. The molecule has 0 aliphatic rings. The summed E-state index contributed by atoms with van der Waals surface area (Å²) >= 11 is 0. The number of hydrogen-bond donors (Lipinski definition) is 0. The molecule has 0 atom stereocenters. The van der Waals surface area contributed by atoms with Crippen LogP contribution in [0.4, 0.5) is 0 Å². The van der Waals surface area contributed by atoms with Crippen molar-refractivity contribution in [1.82, 2.24) is 9.78 Å². The molecule has 23 heavy (non-hydrogen) atoms. The van der Waals surface area contributed by atoms with E-state index in [-0.39, 0.29) is 11.3 Å². The molecule has 0 aliphatic carbocycles. The zero-order valence-electron chi connectivity index (χ0n) is 12.0. The van der Waals surface area contributed by atoms with Crippen LogP contribution in [0.1, 0.15) is 10.4 Å². The number of rotatable bonds is 3. The Bertz CT molecular complexity index is 966. The van der Waals surface area contributed by atoms with E-state index in [4.69, 9.17) is 4.42 Å². The molecular weight excluding hydrogens is 292 g/mol. The third kappa shape index (κ3) is 2.28. The highest BCUT2D eigenvalue weighted by Gasteiger charge is 2.17. The van der Waals surface area contributed by atoms with Crippen LogP contribution in [0.2, 0.25) is 0 Å². The zero-order valence-corrected chi connectivity index (χ0v) is 12.0. The highest BCUT2D eigenvalue weighted by molar-refractivity contribution is 5.94. The number of aromatic nitrogens is 2. The fourth-order valence-electron chi connectivity index (χ4n) is 2.52. The molecule has 4 aromatic rings. The lowest BCUT2D eigenvalue weighted by Gasteiger charge is -1.99. The van der Waals surface area contributed by atoms with Gasteiger partial charge in [0, 0.05) is 17.1 Å². The summed E-state index contributed by atoms with van der Waals surface area (Å²) in [5, 5.41) is 16.7. The molecule has 0 amide bonds. The molecule has 0 saturated heterocycles. The predicted molar refractivity (Wildman–Crippen MR) is 83.1 cm³/mol. The van der Waals surface area contributed by atoms with Gasteiger partial charge in [0.1, 0.15) is 11.3 Å². The molecule has 5 heteroatoms. The minimum Gasteiger partial charge on any atom is -0.545 e. The molecule has 2 aromatic heterocycles. The molecule has 0 saturated carbocycles. The molecule has 2 heterocycles. The zero-order chi connectivity index (χ0) is 15.8. The van der Waals surface area contributed by atoms with Gasteiger partial charge in [0.05, 0.1) is 11.7 Å². The van der Waals surface area contributed by atoms with Crippen molar-refractivity contribution in [1.29, 1.82) is 0 Å². The van der Waals surface area contributed by atoms with E-state index in [0.29, 0.717) is 11.3 Å². The molecule has 4 rings (SSSR count). The summed E-state index contributed by atoms with van der Waals surface area (Å²) in [6.45, 7) is 0. The van der Waals surface area contributed by atoms with Crippen LogP contribution in [-0.4, -0.2) is 15.7 Å². The van der Waals surface area contributed by atoms with Crippen molar-refractivity contribution in [2.45, 2.75) is 0 Å². The molecule has 0 fully saturated rings. The SMILES string of the molecule is O=C([O-])c1cn(-c2ccccc2)nc1-c1cc2ccccc2o1. The van der Waals surface area contributed by atoms with Crippen LogP contribution < -0.4 is 5.11 Å². The van der Waals surface area contributed by atoms with Gasteiger partial charge in [-0.3, -0.25) is 0 Å². The van der Waals surface area contributed by atoms with E-state index in [1.165, 1.54) is 10.9 Å². The van der Waals surface area contributed by atoms with Crippen LogP contribution in [0.3, 0.4) is 0 Å². The molecule has 5 nitrogen and oxygen atoms in total. The maximum atomic E-state index is 11.4. The van der Waals surface area contributed by atoms with Crippen molar-refractivity contribution in [2.75, 3.05) is 0 Å². The molecule has 2 aromatic carbocycles. The highest BCUT2D eigenvalue weighted by Crippen LogP contribution is 2.29. The monoisotopic (exact) mass is 303 g/mol. The second kappa shape index (κ2) is 5.14. The number of furan rings is 1. The van der Waals surface area contributed by atoms with Gasteiger partial charge < -0.3 is 14.3 Å². The summed E-state index contributed by atoms with van der Waals surface area (Å²) < 4.78 is 7.23. The van der Waals surface area contributed by atoms with E-state index in [2.05, 4.69) is 5.10 Å². The number of carboxylic acids is 1. The number of fused-ring (bicyclic) bond motifs is 1. The first-order valence-electron chi connectivity index (χ1n) is 7.08. The Hall–Kier alpha value is -3.34. The second-order valence-corrected chi connectivity index (χ2v) is 5.11. The van der Waals surface area contributed by atoms with Gasteiger partial charge >= 0.3 is 0 Å². The molecular formula is C18H11N2O3-. The minimum absolute atomic E-state index is 0.00657. The Balaban J connectivity index is 1.90. The Morgan fingerprint density at radius 2 is 1.78 bits per heavy atom. The van der Waals surface area contributed by atoms with E-state index in [9.17, 15) is 9.90 Å². The van der Waals surface area contributed by atoms with Crippen molar-refractivity contribution < 1.29 is 14.3 Å². The summed E-state index contributed by atoms with van der Waals surface area (Å²) in [7, 11) is 0. The van der Waals surface area contributed by atoms with E-state index < -0.39 is 5.97 Å². The van der Waals surface area contributed by atoms with Gasteiger partial charge in [-0.15, -0.1) is 0 Å². The summed E-state index contributed by atoms with van der Waals surface area (Å²) in [4.78, 5) is 11.4. The molecule has 0 spiro atoms. The van der Waals surface area contributed by atoms with Gasteiger partial charge in [-0.25, -0.2) is 4.68 Å². The third-order valence-corrected chi connectivity index (χ3v) is 3.61. The lowest BCUT2D eigenvalue weighted by Crippen LogP contribution is -2.22. The summed E-state index contributed by atoms with van der Waals surface area (Å²) in [5.74, 6) is -0.886. The molecule has 0 aliphatic heterocycles. The minimum atomic E-state index is -1.29. The molecule has 0 radical (unpaired) electrons. The van der Waals surface area contributed by atoms with E-state index in [1.807, 2.05) is 54.6 Å². The molecule has 0 bridgehead atoms. The Morgan fingerprint density at radius 3 is 2.52 bits per heavy atom. The summed E-state index contributed by atoms with van der Waals surface area (Å²) in [5.41, 5.74) is 1.69. The normalized spacial score (nSPS) is 11.0. The number of aromatic carboxylic acids is 1. The number of carbonyl (C=O) groups excluding carboxylic acids is 1. The average molecular weight is 303 g/mol. The van der Waals surface area contributed by atoms with Gasteiger partial charge in [-0.05, 0) is 24.3 Å². The number of benzene rings is 2. The van der Waals surface area contributed by atoms with Crippen LogP contribution in [0.15, 0.2) is 71.3 Å². The van der Waals surface area contributed by atoms with Crippen molar-refractivity contribution in [3.05, 3.63) is 72.4 Å². The predicted octanol–water partition coefficient (Wildman–Crippen LogP) is 2.65. The Labute approximate surface area is 131 Å². The van der Waals surface area contributed by atoms with Crippen molar-refractivity contribution in [3.63, 3.8) is 0 Å². The van der Waals surface area contributed by atoms with Gasteiger partial charge in [-0.1, -0.05) is 36.4 Å². The number of carbonyl (C=O) groups is 1. The quantitative estimate of drug-likeness (QED) is 0.583. The van der Waals surface area contributed by atoms with Crippen molar-refractivity contribution in [2.24, 2.45) is 0 Å². The molecule has 0 N–H and O–H groups in total. The second-order valence-electron chi connectivity index (χ2n) is 5.11. The third-order valence-electron chi connectivity index (χ3n) is 3.61. The van der Waals surface area contributed by atoms with Gasteiger partial charge in [0.2, 0.25) is 0 Å². The highest BCUT2D eigenvalue weighted by atomic mass is 16.4. The Kier molecular flexibility index (Phi) is 2.98. The van der Waals surface area contributed by atoms with E-state index in [0.717, 1.165) is 11.1 Å². The average Bonchev–Trinajstić information content (AvgIpc) is 3.19.